The first-order chi connectivity index (χ1) is 14.2. The van der Waals surface area contributed by atoms with Crippen molar-refractivity contribution in [2.45, 2.75) is 18.7 Å². The van der Waals surface area contributed by atoms with Crippen molar-refractivity contribution in [2.24, 2.45) is 0 Å². The maximum Gasteiger partial charge on any atom is 0.293 e. The molecule has 0 aliphatic rings. The van der Waals surface area contributed by atoms with Gasteiger partial charge in [0.1, 0.15) is 23.8 Å². The van der Waals surface area contributed by atoms with E-state index in [1.165, 1.54) is 16.4 Å². The van der Waals surface area contributed by atoms with Crippen molar-refractivity contribution in [1.82, 2.24) is 4.31 Å². The van der Waals surface area contributed by atoms with E-state index < -0.39 is 14.9 Å². The molecule has 0 aromatic heterocycles. The number of ether oxygens (including phenoxy) is 2. The second-order valence-corrected chi connectivity index (χ2v) is 8.38. The number of benzene rings is 2. The summed E-state index contributed by atoms with van der Waals surface area (Å²) in [7, 11) is -0.511. The summed E-state index contributed by atoms with van der Waals surface area (Å²) >= 11 is 0. The van der Waals surface area contributed by atoms with Gasteiger partial charge in [0.15, 0.2) is 0 Å². The molecule has 0 aliphatic carbocycles. The Labute approximate surface area is 177 Å². The summed E-state index contributed by atoms with van der Waals surface area (Å²) in [6, 6.07) is 11.1. The van der Waals surface area contributed by atoms with Crippen LogP contribution in [0.3, 0.4) is 0 Å². The van der Waals surface area contributed by atoms with Crippen LogP contribution in [0.15, 0.2) is 47.4 Å². The van der Waals surface area contributed by atoms with E-state index in [4.69, 9.17) is 9.47 Å². The smallest absolute Gasteiger partial charge is 0.293 e. The van der Waals surface area contributed by atoms with Gasteiger partial charge >= 0.3 is 0 Å². The van der Waals surface area contributed by atoms with Gasteiger partial charge in [-0.25, -0.2) is 8.42 Å². The first-order valence-electron chi connectivity index (χ1n) is 9.51. The lowest BCUT2D eigenvalue weighted by Gasteiger charge is -2.21. The standard InChI is InChI=1S/C20H27N3O6S/c1-5-22(6-2)30(26,27)18-11-12-19(20(15-18)23(24)25)21(3)13-14-29-17-9-7-16(28-4)8-10-17/h7-12,15H,5-6,13-14H2,1-4H3. The fourth-order valence-corrected chi connectivity index (χ4v) is 4.42. The zero-order chi connectivity index (χ0) is 22.3. The van der Waals surface area contributed by atoms with Gasteiger partial charge in [-0.3, -0.25) is 10.1 Å². The number of nitro benzene ring substituents is 1. The molecule has 0 radical (unpaired) electrons. The van der Waals surface area contributed by atoms with Gasteiger partial charge in [0, 0.05) is 26.2 Å². The topological polar surface area (TPSA) is 102 Å². The third-order valence-electron chi connectivity index (χ3n) is 4.65. The molecular formula is C20H27N3O6S. The predicted octanol–water partition coefficient (Wildman–Crippen LogP) is 3.15. The first kappa shape index (κ1) is 23.4. The Hall–Kier alpha value is -2.85. The van der Waals surface area contributed by atoms with E-state index in [0.29, 0.717) is 24.6 Å². The first-order valence-corrected chi connectivity index (χ1v) is 10.9. The van der Waals surface area contributed by atoms with Crippen molar-refractivity contribution >= 4 is 21.4 Å². The van der Waals surface area contributed by atoms with E-state index >= 15 is 0 Å². The van der Waals surface area contributed by atoms with Crippen molar-refractivity contribution < 1.29 is 22.8 Å². The molecule has 0 spiro atoms. The van der Waals surface area contributed by atoms with Gasteiger partial charge in [-0.15, -0.1) is 0 Å². The summed E-state index contributed by atoms with van der Waals surface area (Å²) in [6.07, 6.45) is 0. The summed E-state index contributed by atoms with van der Waals surface area (Å²) in [5.41, 5.74) is 0.0482. The molecule has 0 saturated heterocycles. The highest BCUT2D eigenvalue weighted by atomic mass is 32.2. The maximum absolute atomic E-state index is 12.7. The zero-order valence-electron chi connectivity index (χ0n) is 17.6. The molecule has 164 valence electrons. The van der Waals surface area contributed by atoms with Crippen LogP contribution < -0.4 is 14.4 Å². The van der Waals surface area contributed by atoms with E-state index in [-0.39, 0.29) is 23.7 Å². The Kier molecular flexibility index (Phi) is 8.01. The van der Waals surface area contributed by atoms with Gasteiger partial charge in [-0.1, -0.05) is 13.8 Å². The van der Waals surface area contributed by atoms with Crippen molar-refractivity contribution in [2.75, 3.05) is 45.3 Å². The molecule has 0 bridgehead atoms. The summed E-state index contributed by atoms with van der Waals surface area (Å²) in [5, 5.41) is 11.6. The number of hydrogen-bond acceptors (Lipinski definition) is 7. The van der Waals surface area contributed by atoms with Crippen LogP contribution in [-0.4, -0.2) is 58.0 Å². The van der Waals surface area contributed by atoms with Crippen molar-refractivity contribution in [3.8, 4) is 11.5 Å². The van der Waals surface area contributed by atoms with E-state index in [1.807, 2.05) is 0 Å². The number of hydrogen-bond donors (Lipinski definition) is 0. The molecule has 2 rings (SSSR count). The molecule has 0 atom stereocenters. The van der Waals surface area contributed by atoms with Crippen molar-refractivity contribution in [3.05, 3.63) is 52.6 Å². The molecule has 0 amide bonds. The molecule has 0 fully saturated rings. The quantitative estimate of drug-likeness (QED) is 0.393. The Morgan fingerprint density at radius 1 is 1.03 bits per heavy atom. The van der Waals surface area contributed by atoms with E-state index in [0.717, 1.165) is 11.8 Å². The third kappa shape index (κ3) is 5.39. The fourth-order valence-electron chi connectivity index (χ4n) is 2.94. The van der Waals surface area contributed by atoms with Crippen molar-refractivity contribution in [3.63, 3.8) is 0 Å². The fraction of sp³-hybridized carbons (Fsp3) is 0.400. The van der Waals surface area contributed by atoms with Crippen LogP contribution in [0.2, 0.25) is 0 Å². The number of anilines is 1. The van der Waals surface area contributed by atoms with Crippen LogP contribution in [0.5, 0.6) is 11.5 Å². The Morgan fingerprint density at radius 2 is 1.63 bits per heavy atom. The average molecular weight is 438 g/mol. The lowest BCUT2D eigenvalue weighted by atomic mass is 10.2. The summed E-state index contributed by atoms with van der Waals surface area (Å²) in [6.45, 7) is 4.68. The third-order valence-corrected chi connectivity index (χ3v) is 6.70. The Balaban J connectivity index is 2.16. The minimum atomic E-state index is -3.78. The van der Waals surface area contributed by atoms with Gasteiger partial charge in [-0.2, -0.15) is 4.31 Å². The van der Waals surface area contributed by atoms with Crippen LogP contribution in [0.1, 0.15) is 13.8 Å². The van der Waals surface area contributed by atoms with Crippen LogP contribution in [0.25, 0.3) is 0 Å². The van der Waals surface area contributed by atoms with Gasteiger partial charge < -0.3 is 14.4 Å². The Morgan fingerprint density at radius 3 is 2.17 bits per heavy atom. The number of nitro groups is 1. The second kappa shape index (κ2) is 10.3. The SMILES string of the molecule is CCN(CC)S(=O)(=O)c1ccc(N(C)CCOc2ccc(OC)cc2)c([N+](=O)[O-])c1. The monoisotopic (exact) mass is 437 g/mol. The molecule has 0 saturated carbocycles. The summed E-state index contributed by atoms with van der Waals surface area (Å²) in [4.78, 5) is 12.6. The Bertz CT molecular complexity index is 959. The van der Waals surface area contributed by atoms with Crippen LogP contribution in [-0.2, 0) is 10.0 Å². The molecule has 0 aliphatic heterocycles. The number of rotatable bonds is 11. The highest BCUT2D eigenvalue weighted by Gasteiger charge is 2.26. The molecule has 30 heavy (non-hydrogen) atoms. The minimum absolute atomic E-state index is 0.0930. The maximum atomic E-state index is 12.7. The van der Waals surface area contributed by atoms with E-state index in [1.54, 1.807) is 57.2 Å². The van der Waals surface area contributed by atoms with Gasteiger partial charge in [0.25, 0.3) is 5.69 Å². The molecule has 10 heteroatoms. The normalized spacial score (nSPS) is 11.4. The molecule has 0 unspecified atom stereocenters. The largest absolute Gasteiger partial charge is 0.497 e. The number of methoxy groups -OCH3 is 1. The highest BCUT2D eigenvalue weighted by molar-refractivity contribution is 7.89. The van der Waals surface area contributed by atoms with E-state index in [9.17, 15) is 18.5 Å². The number of likely N-dealkylation sites (N-methyl/N-ethyl adjacent to an activating group) is 1. The average Bonchev–Trinajstić information content (AvgIpc) is 2.74. The van der Waals surface area contributed by atoms with Crippen LogP contribution >= 0.6 is 0 Å². The van der Waals surface area contributed by atoms with Gasteiger partial charge in [0.05, 0.1) is 23.5 Å². The molecule has 0 N–H and O–H groups in total. The van der Waals surface area contributed by atoms with Gasteiger partial charge in [0.2, 0.25) is 10.0 Å². The molecule has 2 aromatic rings. The summed E-state index contributed by atoms with van der Waals surface area (Å²) in [5.74, 6) is 1.37. The number of sulfonamides is 1. The highest BCUT2D eigenvalue weighted by Crippen LogP contribution is 2.31. The van der Waals surface area contributed by atoms with Crippen LogP contribution in [0.4, 0.5) is 11.4 Å². The minimum Gasteiger partial charge on any atom is -0.497 e. The molecular weight excluding hydrogens is 410 g/mol. The molecule has 9 nitrogen and oxygen atoms in total. The van der Waals surface area contributed by atoms with E-state index in [2.05, 4.69) is 0 Å². The molecule has 2 aromatic carbocycles. The zero-order valence-corrected chi connectivity index (χ0v) is 18.4. The molecule has 0 heterocycles. The van der Waals surface area contributed by atoms with Gasteiger partial charge in [-0.05, 0) is 36.4 Å². The second-order valence-electron chi connectivity index (χ2n) is 6.44. The lowest BCUT2D eigenvalue weighted by molar-refractivity contribution is -0.384. The lowest BCUT2D eigenvalue weighted by Crippen LogP contribution is -2.31. The number of nitrogens with zero attached hydrogens (tertiary/aromatic N) is 3. The summed E-state index contributed by atoms with van der Waals surface area (Å²) < 4.78 is 37.4. The van der Waals surface area contributed by atoms with Crippen molar-refractivity contribution in [1.29, 1.82) is 0 Å². The van der Waals surface area contributed by atoms with Crippen LogP contribution in [0, 0.1) is 10.1 Å². The predicted molar refractivity (Wildman–Crippen MR) is 115 cm³/mol.